The van der Waals surface area contributed by atoms with Crippen molar-refractivity contribution in [2.24, 2.45) is 0 Å². The lowest BCUT2D eigenvalue weighted by atomic mass is 10.0. The zero-order valence-corrected chi connectivity index (χ0v) is 19.2. The number of hydrogen-bond acceptors (Lipinski definition) is 6. The molecule has 0 saturated carbocycles. The van der Waals surface area contributed by atoms with Gasteiger partial charge in [0.15, 0.2) is 5.65 Å². The maximum atomic E-state index is 5.81. The minimum atomic E-state index is 0.538. The Hall–Kier alpha value is -2.64. The molecular weight excluding hydrogens is 392 g/mol. The summed E-state index contributed by atoms with van der Waals surface area (Å²) >= 11 is 0. The average Bonchev–Trinajstić information content (AvgIpc) is 3.36. The summed E-state index contributed by atoms with van der Waals surface area (Å²) in [6.07, 6.45) is 2.23. The minimum Gasteiger partial charge on any atom is -0.497 e. The summed E-state index contributed by atoms with van der Waals surface area (Å²) < 4.78 is 18.6. The van der Waals surface area contributed by atoms with Crippen molar-refractivity contribution in [3.8, 4) is 16.9 Å². The molecule has 1 aliphatic rings. The van der Waals surface area contributed by atoms with Crippen LogP contribution in [0.3, 0.4) is 0 Å². The largest absolute Gasteiger partial charge is 0.497 e. The molecule has 0 radical (unpaired) electrons. The highest BCUT2D eigenvalue weighted by Crippen LogP contribution is 2.37. The van der Waals surface area contributed by atoms with Gasteiger partial charge in [0.05, 0.1) is 38.3 Å². The number of hydrogen-bond donors (Lipinski definition) is 0. The van der Waals surface area contributed by atoms with Gasteiger partial charge in [0, 0.05) is 31.3 Å². The van der Waals surface area contributed by atoms with Gasteiger partial charge in [0.1, 0.15) is 11.6 Å². The fourth-order valence-electron chi connectivity index (χ4n) is 4.29. The monoisotopic (exact) mass is 424 g/mol. The van der Waals surface area contributed by atoms with Crippen LogP contribution in [0.5, 0.6) is 5.75 Å². The molecule has 0 unspecified atom stereocenters. The van der Waals surface area contributed by atoms with Crippen molar-refractivity contribution in [2.45, 2.75) is 46.8 Å². The second kappa shape index (κ2) is 9.24. The number of ether oxygens (including phenoxy) is 3. The van der Waals surface area contributed by atoms with E-state index in [0.29, 0.717) is 19.8 Å². The quantitative estimate of drug-likeness (QED) is 0.510. The van der Waals surface area contributed by atoms with Crippen molar-refractivity contribution < 1.29 is 14.2 Å². The minimum absolute atomic E-state index is 0.538. The molecule has 4 rings (SSSR count). The Labute approximate surface area is 183 Å². The summed E-state index contributed by atoms with van der Waals surface area (Å²) in [6, 6.07) is 6.15. The molecule has 0 aliphatic carbocycles. The fourth-order valence-corrected chi connectivity index (χ4v) is 4.29. The lowest BCUT2D eigenvalue weighted by Crippen LogP contribution is -2.31. The molecule has 0 fully saturated rings. The van der Waals surface area contributed by atoms with Crippen LogP contribution in [-0.4, -0.2) is 48.5 Å². The Balaban J connectivity index is 1.92. The molecule has 2 aromatic heterocycles. The molecule has 7 nitrogen and oxygen atoms in total. The fraction of sp³-hybridized carbons (Fsp3) is 0.500. The molecule has 0 spiro atoms. The molecule has 1 aromatic carbocycles. The molecule has 0 saturated heterocycles. The van der Waals surface area contributed by atoms with Gasteiger partial charge in [-0.05, 0) is 43.5 Å². The summed E-state index contributed by atoms with van der Waals surface area (Å²) in [6.45, 7) is 9.89. The number of benzene rings is 1. The van der Waals surface area contributed by atoms with E-state index in [-0.39, 0.29) is 0 Å². The number of aryl methyl sites for hydroxylation is 2. The van der Waals surface area contributed by atoms with Crippen LogP contribution in [0, 0.1) is 13.8 Å². The Kier molecular flexibility index (Phi) is 6.43. The van der Waals surface area contributed by atoms with Crippen LogP contribution >= 0.6 is 0 Å². The Morgan fingerprint density at radius 1 is 1.16 bits per heavy atom. The summed E-state index contributed by atoms with van der Waals surface area (Å²) in [5, 5.41) is 4.97. The van der Waals surface area contributed by atoms with Crippen molar-refractivity contribution in [3.05, 3.63) is 40.7 Å². The Morgan fingerprint density at radius 2 is 2.00 bits per heavy atom. The Bertz CT molecular complexity index is 1070. The molecule has 0 amide bonds. The van der Waals surface area contributed by atoms with Crippen molar-refractivity contribution in [3.63, 3.8) is 0 Å². The zero-order valence-electron chi connectivity index (χ0n) is 19.2. The highest BCUT2D eigenvalue weighted by atomic mass is 16.5. The number of methoxy groups -OCH3 is 2. The van der Waals surface area contributed by atoms with Crippen molar-refractivity contribution in [1.82, 2.24) is 14.6 Å². The highest BCUT2D eigenvalue weighted by Gasteiger charge is 2.27. The molecule has 1 aliphatic heterocycles. The first-order chi connectivity index (χ1) is 15.1. The van der Waals surface area contributed by atoms with Gasteiger partial charge in [0.2, 0.25) is 0 Å². The molecule has 0 N–H and O–H groups in total. The van der Waals surface area contributed by atoms with E-state index >= 15 is 0 Å². The molecule has 166 valence electrons. The van der Waals surface area contributed by atoms with E-state index in [1.807, 2.05) is 10.6 Å². The highest BCUT2D eigenvalue weighted by molar-refractivity contribution is 5.83. The van der Waals surface area contributed by atoms with Crippen LogP contribution in [0.2, 0.25) is 0 Å². The van der Waals surface area contributed by atoms with Gasteiger partial charge in [0.25, 0.3) is 0 Å². The first-order valence-electron chi connectivity index (χ1n) is 11.0. The van der Waals surface area contributed by atoms with E-state index in [2.05, 4.69) is 37.8 Å². The summed E-state index contributed by atoms with van der Waals surface area (Å²) in [7, 11) is 3.44. The van der Waals surface area contributed by atoms with Crippen LogP contribution in [0.1, 0.15) is 42.3 Å². The van der Waals surface area contributed by atoms with Gasteiger partial charge in [-0.25, -0.2) is 4.98 Å². The standard InChI is InChI=1S/C24H32N4O3/c1-6-7-10-27(11-12-29-4)24-20-14-31-15-21(20)25-23-22(17(3)26-28(23)24)19-9-8-18(30-5)13-16(19)2/h8-9,13H,6-7,10-12,14-15H2,1-5H3. The van der Waals surface area contributed by atoms with Crippen LogP contribution in [0.15, 0.2) is 18.2 Å². The number of aromatic nitrogens is 3. The SMILES string of the molecule is CCCCN(CCOC)c1c2c(nc3c(-c4ccc(OC)cc4C)c(C)nn13)COC2. The topological polar surface area (TPSA) is 61.1 Å². The van der Waals surface area contributed by atoms with E-state index < -0.39 is 0 Å². The summed E-state index contributed by atoms with van der Waals surface area (Å²) in [4.78, 5) is 7.41. The van der Waals surface area contributed by atoms with E-state index in [4.69, 9.17) is 24.3 Å². The second-order valence-electron chi connectivity index (χ2n) is 8.06. The summed E-state index contributed by atoms with van der Waals surface area (Å²) in [5.74, 6) is 1.94. The first-order valence-corrected chi connectivity index (χ1v) is 11.0. The predicted octanol–water partition coefficient (Wildman–Crippen LogP) is 4.30. The van der Waals surface area contributed by atoms with Gasteiger partial charge < -0.3 is 19.1 Å². The van der Waals surface area contributed by atoms with Gasteiger partial charge in [-0.15, -0.1) is 0 Å². The van der Waals surface area contributed by atoms with E-state index in [9.17, 15) is 0 Å². The predicted molar refractivity (Wildman–Crippen MR) is 122 cm³/mol. The van der Waals surface area contributed by atoms with Crippen molar-refractivity contribution >= 4 is 11.5 Å². The third-order valence-electron chi connectivity index (χ3n) is 5.93. The number of unbranched alkanes of at least 4 members (excludes halogenated alkanes) is 1. The third-order valence-corrected chi connectivity index (χ3v) is 5.93. The lowest BCUT2D eigenvalue weighted by molar-refractivity contribution is 0.133. The van der Waals surface area contributed by atoms with Gasteiger partial charge in [-0.2, -0.15) is 9.61 Å². The third kappa shape index (κ3) is 4.00. The van der Waals surface area contributed by atoms with E-state index in [1.165, 1.54) is 0 Å². The molecule has 0 atom stereocenters. The first kappa shape index (κ1) is 21.6. The maximum absolute atomic E-state index is 5.81. The number of nitrogens with zero attached hydrogens (tertiary/aromatic N) is 4. The van der Waals surface area contributed by atoms with Gasteiger partial charge >= 0.3 is 0 Å². The average molecular weight is 425 g/mol. The van der Waals surface area contributed by atoms with Crippen LogP contribution in [0.25, 0.3) is 16.8 Å². The maximum Gasteiger partial charge on any atom is 0.165 e. The van der Waals surface area contributed by atoms with Crippen LogP contribution in [-0.2, 0) is 22.7 Å². The normalized spacial score (nSPS) is 13.1. The zero-order chi connectivity index (χ0) is 22.0. The second-order valence-corrected chi connectivity index (χ2v) is 8.06. The molecule has 31 heavy (non-hydrogen) atoms. The molecule has 3 aromatic rings. The Morgan fingerprint density at radius 3 is 2.71 bits per heavy atom. The summed E-state index contributed by atoms with van der Waals surface area (Å²) in [5.41, 5.74) is 7.33. The number of anilines is 1. The van der Waals surface area contributed by atoms with Gasteiger partial charge in [-0.1, -0.05) is 19.4 Å². The molecule has 3 heterocycles. The molecule has 0 bridgehead atoms. The van der Waals surface area contributed by atoms with E-state index in [0.717, 1.165) is 76.8 Å². The van der Waals surface area contributed by atoms with Crippen molar-refractivity contribution in [2.75, 3.05) is 38.8 Å². The molecular formula is C24H32N4O3. The lowest BCUT2D eigenvalue weighted by Gasteiger charge is -2.26. The smallest absolute Gasteiger partial charge is 0.165 e. The van der Waals surface area contributed by atoms with Crippen molar-refractivity contribution in [1.29, 1.82) is 0 Å². The van der Waals surface area contributed by atoms with Crippen LogP contribution in [0.4, 0.5) is 5.82 Å². The molecule has 7 heteroatoms. The van der Waals surface area contributed by atoms with Gasteiger partial charge in [-0.3, -0.25) is 0 Å². The van der Waals surface area contributed by atoms with Crippen LogP contribution < -0.4 is 9.64 Å². The van der Waals surface area contributed by atoms with E-state index in [1.54, 1.807) is 14.2 Å². The number of fused-ring (bicyclic) bond motifs is 2. The number of rotatable bonds is 9.